The molecule has 6 nitrogen and oxygen atoms in total. The van der Waals surface area contributed by atoms with E-state index in [0.717, 1.165) is 48.5 Å². The SMILES string of the molecule is CN1CCCC(N2CCN(C(=O)c3cc(-c4ccc(Br)cc4)n[nH]3)CC2)C1. The van der Waals surface area contributed by atoms with Gasteiger partial charge in [-0.1, -0.05) is 28.1 Å². The first-order valence-corrected chi connectivity index (χ1v) is 10.4. The van der Waals surface area contributed by atoms with E-state index in [2.05, 4.69) is 43.0 Å². The van der Waals surface area contributed by atoms with E-state index in [0.29, 0.717) is 11.7 Å². The summed E-state index contributed by atoms with van der Waals surface area (Å²) in [6.45, 7) is 5.83. The zero-order valence-electron chi connectivity index (χ0n) is 15.7. The Labute approximate surface area is 168 Å². The third kappa shape index (κ3) is 4.25. The minimum Gasteiger partial charge on any atom is -0.335 e. The van der Waals surface area contributed by atoms with Crippen molar-refractivity contribution >= 4 is 21.8 Å². The quantitative estimate of drug-likeness (QED) is 0.811. The van der Waals surface area contributed by atoms with E-state index in [4.69, 9.17) is 0 Å². The van der Waals surface area contributed by atoms with Crippen molar-refractivity contribution < 1.29 is 4.79 Å². The number of carbonyl (C=O) groups excluding carboxylic acids is 1. The number of nitrogens with one attached hydrogen (secondary N) is 1. The lowest BCUT2D eigenvalue weighted by Crippen LogP contribution is -2.55. The standard InChI is InChI=1S/C20H26BrN5O/c1-24-8-2-3-17(14-24)25-9-11-26(12-10-25)20(27)19-13-18(22-23-19)15-4-6-16(21)7-5-15/h4-7,13,17H,2-3,8-12,14H2,1H3,(H,22,23). The third-order valence-electron chi connectivity index (χ3n) is 5.67. The van der Waals surface area contributed by atoms with Crippen LogP contribution in [0.25, 0.3) is 11.3 Å². The Hall–Kier alpha value is -1.70. The molecule has 0 radical (unpaired) electrons. The molecule has 0 aliphatic carbocycles. The number of rotatable bonds is 3. The van der Waals surface area contributed by atoms with Gasteiger partial charge in [-0.2, -0.15) is 5.10 Å². The number of piperazine rings is 1. The Morgan fingerprint density at radius 3 is 2.59 bits per heavy atom. The average molecular weight is 432 g/mol. The minimum absolute atomic E-state index is 0.0475. The van der Waals surface area contributed by atoms with Crippen LogP contribution in [0.3, 0.4) is 0 Å². The molecule has 1 aromatic carbocycles. The summed E-state index contributed by atoms with van der Waals surface area (Å²) in [5, 5.41) is 7.25. The predicted molar refractivity (Wildman–Crippen MR) is 110 cm³/mol. The number of piperidine rings is 1. The Morgan fingerprint density at radius 1 is 1.15 bits per heavy atom. The summed E-state index contributed by atoms with van der Waals surface area (Å²) in [4.78, 5) is 19.8. The van der Waals surface area contributed by atoms with Crippen molar-refractivity contribution in [3.05, 3.63) is 40.5 Å². The molecule has 0 saturated carbocycles. The normalized spacial score (nSPS) is 22.1. The number of H-pyrrole nitrogens is 1. The molecule has 0 spiro atoms. The number of hydrogen-bond donors (Lipinski definition) is 1. The zero-order valence-corrected chi connectivity index (χ0v) is 17.3. The van der Waals surface area contributed by atoms with Crippen LogP contribution in [0.15, 0.2) is 34.8 Å². The molecule has 3 heterocycles. The Morgan fingerprint density at radius 2 is 1.89 bits per heavy atom. The monoisotopic (exact) mass is 431 g/mol. The van der Waals surface area contributed by atoms with Crippen molar-refractivity contribution in [1.82, 2.24) is 24.9 Å². The molecule has 0 bridgehead atoms. The summed E-state index contributed by atoms with van der Waals surface area (Å²) < 4.78 is 1.03. The first-order valence-electron chi connectivity index (χ1n) is 9.63. The Kier molecular flexibility index (Phi) is 5.61. The molecule has 4 rings (SSSR count). The van der Waals surface area contributed by atoms with E-state index in [-0.39, 0.29) is 5.91 Å². The van der Waals surface area contributed by atoms with Gasteiger partial charge in [-0.25, -0.2) is 0 Å². The number of benzene rings is 1. The number of aromatic nitrogens is 2. The van der Waals surface area contributed by atoms with Crippen LogP contribution in [0, 0.1) is 0 Å². The number of carbonyl (C=O) groups is 1. The highest BCUT2D eigenvalue weighted by Gasteiger charge is 2.29. The topological polar surface area (TPSA) is 55.5 Å². The van der Waals surface area contributed by atoms with Crippen LogP contribution >= 0.6 is 15.9 Å². The van der Waals surface area contributed by atoms with Crippen molar-refractivity contribution in [3.63, 3.8) is 0 Å². The molecule has 2 aliphatic rings. The third-order valence-corrected chi connectivity index (χ3v) is 6.19. The lowest BCUT2D eigenvalue weighted by atomic mass is 10.0. The molecule has 1 N–H and O–H groups in total. The molecule has 144 valence electrons. The first kappa shape index (κ1) is 18.7. The fourth-order valence-electron chi connectivity index (χ4n) is 4.10. The highest BCUT2D eigenvalue weighted by Crippen LogP contribution is 2.22. The molecular formula is C20H26BrN5O. The smallest absolute Gasteiger partial charge is 0.271 e. The van der Waals surface area contributed by atoms with Gasteiger partial charge in [-0.05, 0) is 44.6 Å². The fourth-order valence-corrected chi connectivity index (χ4v) is 4.36. The molecule has 1 amide bonds. The Bertz CT molecular complexity index is 782. The summed E-state index contributed by atoms with van der Waals surface area (Å²) in [5.74, 6) is 0.0475. The molecule has 2 saturated heterocycles. The van der Waals surface area contributed by atoms with Crippen LogP contribution in [-0.4, -0.2) is 83.2 Å². The second kappa shape index (κ2) is 8.12. The van der Waals surface area contributed by atoms with Gasteiger partial charge in [0.25, 0.3) is 5.91 Å². The number of halogens is 1. The number of nitrogens with zero attached hydrogens (tertiary/aromatic N) is 4. The minimum atomic E-state index is 0.0475. The van der Waals surface area contributed by atoms with Gasteiger partial charge < -0.3 is 9.80 Å². The van der Waals surface area contributed by atoms with Crippen LogP contribution < -0.4 is 0 Å². The van der Waals surface area contributed by atoms with Crippen molar-refractivity contribution in [2.75, 3.05) is 46.3 Å². The van der Waals surface area contributed by atoms with E-state index in [1.54, 1.807) is 0 Å². The van der Waals surface area contributed by atoms with E-state index < -0.39 is 0 Å². The van der Waals surface area contributed by atoms with Gasteiger partial charge in [0.15, 0.2) is 0 Å². The van der Waals surface area contributed by atoms with Gasteiger partial charge in [-0.3, -0.25) is 14.8 Å². The van der Waals surface area contributed by atoms with Crippen molar-refractivity contribution in [1.29, 1.82) is 0 Å². The summed E-state index contributed by atoms with van der Waals surface area (Å²) in [5.41, 5.74) is 2.37. The predicted octanol–water partition coefficient (Wildman–Crippen LogP) is 2.69. The van der Waals surface area contributed by atoms with Gasteiger partial charge in [0.05, 0.1) is 5.69 Å². The van der Waals surface area contributed by atoms with E-state index in [9.17, 15) is 4.79 Å². The number of amides is 1. The summed E-state index contributed by atoms with van der Waals surface area (Å²) in [6.07, 6.45) is 2.54. The zero-order chi connectivity index (χ0) is 18.8. The van der Waals surface area contributed by atoms with Gasteiger partial charge in [-0.15, -0.1) is 0 Å². The largest absolute Gasteiger partial charge is 0.335 e. The lowest BCUT2D eigenvalue weighted by molar-refractivity contribution is 0.0448. The maximum absolute atomic E-state index is 12.9. The number of hydrogen-bond acceptors (Lipinski definition) is 4. The van der Waals surface area contributed by atoms with E-state index in [1.807, 2.05) is 35.2 Å². The molecule has 2 aliphatic heterocycles. The number of likely N-dealkylation sites (N-methyl/N-ethyl adjacent to an activating group) is 1. The van der Waals surface area contributed by atoms with Crippen LogP contribution in [-0.2, 0) is 0 Å². The summed E-state index contributed by atoms with van der Waals surface area (Å²) >= 11 is 3.44. The van der Waals surface area contributed by atoms with E-state index >= 15 is 0 Å². The molecule has 1 unspecified atom stereocenters. The van der Waals surface area contributed by atoms with Crippen LogP contribution in [0.5, 0.6) is 0 Å². The molecule has 1 atom stereocenters. The maximum atomic E-state index is 12.9. The van der Waals surface area contributed by atoms with Crippen molar-refractivity contribution in [3.8, 4) is 11.3 Å². The number of likely N-dealkylation sites (tertiary alicyclic amines) is 1. The average Bonchev–Trinajstić information content (AvgIpc) is 3.18. The Balaban J connectivity index is 1.36. The summed E-state index contributed by atoms with van der Waals surface area (Å²) in [7, 11) is 2.20. The van der Waals surface area contributed by atoms with E-state index in [1.165, 1.54) is 19.4 Å². The lowest BCUT2D eigenvalue weighted by Gasteiger charge is -2.42. The van der Waals surface area contributed by atoms with Gasteiger partial charge >= 0.3 is 0 Å². The second-order valence-electron chi connectivity index (χ2n) is 7.56. The fraction of sp³-hybridized carbons (Fsp3) is 0.500. The van der Waals surface area contributed by atoms with Gasteiger partial charge in [0.1, 0.15) is 5.69 Å². The number of aromatic amines is 1. The molecule has 7 heteroatoms. The highest BCUT2D eigenvalue weighted by molar-refractivity contribution is 9.10. The molecule has 1 aromatic heterocycles. The maximum Gasteiger partial charge on any atom is 0.271 e. The van der Waals surface area contributed by atoms with Crippen molar-refractivity contribution in [2.24, 2.45) is 0 Å². The van der Waals surface area contributed by atoms with Gasteiger partial charge in [0, 0.05) is 48.8 Å². The molecule has 27 heavy (non-hydrogen) atoms. The molecule has 2 aromatic rings. The van der Waals surface area contributed by atoms with Crippen LogP contribution in [0.2, 0.25) is 0 Å². The van der Waals surface area contributed by atoms with Crippen LogP contribution in [0.1, 0.15) is 23.3 Å². The second-order valence-corrected chi connectivity index (χ2v) is 8.48. The van der Waals surface area contributed by atoms with Crippen LogP contribution in [0.4, 0.5) is 0 Å². The first-order chi connectivity index (χ1) is 13.1. The molecular weight excluding hydrogens is 406 g/mol. The summed E-state index contributed by atoms with van der Waals surface area (Å²) in [6, 6.07) is 10.4. The molecule has 2 fully saturated rings. The highest BCUT2D eigenvalue weighted by atomic mass is 79.9. The van der Waals surface area contributed by atoms with Crippen molar-refractivity contribution in [2.45, 2.75) is 18.9 Å². The van der Waals surface area contributed by atoms with Gasteiger partial charge in [0.2, 0.25) is 0 Å².